The number of ether oxygens (including phenoxy) is 1. The topological polar surface area (TPSA) is 79.2 Å². The van der Waals surface area contributed by atoms with Crippen LogP contribution in [0.25, 0.3) is 0 Å². The lowest BCUT2D eigenvalue weighted by Crippen LogP contribution is -2.39. The minimum atomic E-state index is -1.26. The van der Waals surface area contributed by atoms with Crippen molar-refractivity contribution in [1.82, 2.24) is 5.32 Å². The zero-order chi connectivity index (χ0) is 10.3. The molecule has 1 unspecified atom stereocenters. The van der Waals surface area contributed by atoms with Crippen molar-refractivity contribution in [3.8, 4) is 6.07 Å². The predicted molar refractivity (Wildman–Crippen MR) is 44.4 cm³/mol. The fraction of sp³-hybridized carbons (Fsp3) is 0.375. The van der Waals surface area contributed by atoms with E-state index in [0.29, 0.717) is 0 Å². The highest BCUT2D eigenvalue weighted by molar-refractivity contribution is 5.92. The zero-order valence-electron chi connectivity index (χ0n) is 7.24. The fourth-order valence-electron chi connectivity index (χ4n) is 0.571. The molecule has 0 fully saturated rings. The van der Waals surface area contributed by atoms with Crippen molar-refractivity contribution in [1.29, 1.82) is 5.26 Å². The van der Waals surface area contributed by atoms with E-state index < -0.39 is 17.9 Å². The maximum Gasteiger partial charge on any atom is 0.343 e. The molecule has 70 valence electrons. The molecule has 1 amide bonds. The van der Waals surface area contributed by atoms with Crippen LogP contribution in [0.15, 0.2) is 12.7 Å². The van der Waals surface area contributed by atoms with Gasteiger partial charge < -0.3 is 10.1 Å². The van der Waals surface area contributed by atoms with Gasteiger partial charge in [-0.3, -0.25) is 4.79 Å². The molecular formula is C8H10N2O3. The molecule has 0 saturated carbocycles. The Kier molecular flexibility index (Phi) is 4.96. The number of nitrogens with one attached hydrogen (secondary N) is 1. The Bertz CT molecular complexity index is 255. The molecule has 0 radical (unpaired) electrons. The van der Waals surface area contributed by atoms with E-state index in [2.05, 4.69) is 16.6 Å². The number of nitrogens with zero attached hydrogens (tertiary/aromatic N) is 1. The van der Waals surface area contributed by atoms with Crippen molar-refractivity contribution in [2.45, 2.75) is 13.0 Å². The number of nitriles is 1. The van der Waals surface area contributed by atoms with Crippen LogP contribution in [0.2, 0.25) is 0 Å². The molecule has 0 aliphatic heterocycles. The quantitative estimate of drug-likeness (QED) is 0.480. The van der Waals surface area contributed by atoms with E-state index in [1.54, 1.807) is 13.0 Å². The van der Waals surface area contributed by atoms with Crippen LogP contribution in [0.1, 0.15) is 6.92 Å². The number of hydrogen-bond acceptors (Lipinski definition) is 4. The molecule has 0 saturated heterocycles. The normalized spacial score (nSPS) is 10.8. The standard InChI is InChI=1S/C8H10N2O3/c1-3-7(11)10-6(5-9)8(12)13-4-2/h3,6H,1,4H2,2H3,(H,10,11). The van der Waals surface area contributed by atoms with E-state index in [4.69, 9.17) is 5.26 Å². The van der Waals surface area contributed by atoms with Gasteiger partial charge >= 0.3 is 5.97 Å². The van der Waals surface area contributed by atoms with Gasteiger partial charge in [-0.1, -0.05) is 6.58 Å². The van der Waals surface area contributed by atoms with Crippen LogP contribution in [0, 0.1) is 11.3 Å². The third-order valence-electron chi connectivity index (χ3n) is 1.12. The highest BCUT2D eigenvalue weighted by atomic mass is 16.5. The zero-order valence-corrected chi connectivity index (χ0v) is 7.24. The summed E-state index contributed by atoms with van der Waals surface area (Å²) in [7, 11) is 0. The largest absolute Gasteiger partial charge is 0.464 e. The van der Waals surface area contributed by atoms with Crippen LogP contribution in [-0.4, -0.2) is 24.5 Å². The number of carbonyl (C=O) groups is 2. The van der Waals surface area contributed by atoms with Gasteiger partial charge in [0.1, 0.15) is 0 Å². The first-order valence-corrected chi connectivity index (χ1v) is 3.64. The third kappa shape index (κ3) is 3.91. The van der Waals surface area contributed by atoms with Crippen molar-refractivity contribution in [2.24, 2.45) is 0 Å². The molecule has 0 rings (SSSR count). The van der Waals surface area contributed by atoms with Crippen molar-refractivity contribution in [2.75, 3.05) is 6.61 Å². The van der Waals surface area contributed by atoms with E-state index in [-0.39, 0.29) is 6.61 Å². The first-order chi connectivity index (χ1) is 6.15. The van der Waals surface area contributed by atoms with Crippen molar-refractivity contribution >= 4 is 11.9 Å². The number of hydrogen-bond donors (Lipinski definition) is 1. The third-order valence-corrected chi connectivity index (χ3v) is 1.12. The van der Waals surface area contributed by atoms with Gasteiger partial charge in [0.2, 0.25) is 11.9 Å². The first kappa shape index (κ1) is 11.2. The summed E-state index contributed by atoms with van der Waals surface area (Å²) < 4.78 is 4.53. The van der Waals surface area contributed by atoms with Crippen molar-refractivity contribution < 1.29 is 14.3 Å². The number of carbonyl (C=O) groups excluding carboxylic acids is 2. The lowest BCUT2D eigenvalue weighted by atomic mass is 10.3. The second-order valence-electron chi connectivity index (χ2n) is 2.03. The minimum Gasteiger partial charge on any atom is -0.464 e. The van der Waals surface area contributed by atoms with Gasteiger partial charge in [0.15, 0.2) is 0 Å². The van der Waals surface area contributed by atoms with Crippen LogP contribution in [0.3, 0.4) is 0 Å². The summed E-state index contributed by atoms with van der Waals surface area (Å²) >= 11 is 0. The molecule has 0 bridgehead atoms. The summed E-state index contributed by atoms with van der Waals surface area (Å²) in [6, 6.07) is 0.339. The molecule has 0 spiro atoms. The average molecular weight is 182 g/mol. The Labute approximate surface area is 76.0 Å². The van der Waals surface area contributed by atoms with Gasteiger partial charge in [0.25, 0.3) is 0 Å². The van der Waals surface area contributed by atoms with E-state index in [1.807, 2.05) is 0 Å². The van der Waals surface area contributed by atoms with E-state index in [0.717, 1.165) is 6.08 Å². The number of esters is 1. The summed E-state index contributed by atoms with van der Waals surface area (Å²) in [5, 5.41) is 10.6. The molecule has 0 aliphatic carbocycles. The van der Waals surface area contributed by atoms with Gasteiger partial charge in [0.05, 0.1) is 12.7 Å². The monoisotopic (exact) mass is 182 g/mol. The fourth-order valence-corrected chi connectivity index (χ4v) is 0.571. The maximum atomic E-state index is 10.9. The summed E-state index contributed by atoms with van der Waals surface area (Å²) in [5.41, 5.74) is 0. The molecule has 0 aromatic carbocycles. The highest BCUT2D eigenvalue weighted by Gasteiger charge is 2.19. The maximum absolute atomic E-state index is 10.9. The Morgan fingerprint density at radius 1 is 1.77 bits per heavy atom. The molecule has 0 aromatic rings. The van der Waals surface area contributed by atoms with Crippen LogP contribution < -0.4 is 5.32 Å². The summed E-state index contributed by atoms with van der Waals surface area (Å²) in [6.07, 6.45) is 0.976. The van der Waals surface area contributed by atoms with Gasteiger partial charge in [-0.05, 0) is 13.0 Å². The van der Waals surface area contributed by atoms with Crippen LogP contribution in [0.5, 0.6) is 0 Å². The van der Waals surface area contributed by atoms with Gasteiger partial charge in [-0.2, -0.15) is 5.26 Å². The Balaban J connectivity index is 4.19. The summed E-state index contributed by atoms with van der Waals surface area (Å²) in [5.74, 6) is -1.35. The Morgan fingerprint density at radius 3 is 2.77 bits per heavy atom. The molecule has 1 atom stereocenters. The lowest BCUT2D eigenvalue weighted by Gasteiger charge is -2.07. The van der Waals surface area contributed by atoms with E-state index in [9.17, 15) is 9.59 Å². The van der Waals surface area contributed by atoms with E-state index >= 15 is 0 Å². The first-order valence-electron chi connectivity index (χ1n) is 3.64. The van der Waals surface area contributed by atoms with Gasteiger partial charge in [0, 0.05) is 0 Å². The smallest absolute Gasteiger partial charge is 0.343 e. The predicted octanol–water partition coefficient (Wildman–Crippen LogP) is -0.256. The summed E-state index contributed by atoms with van der Waals surface area (Å²) in [4.78, 5) is 21.6. The van der Waals surface area contributed by atoms with Crippen molar-refractivity contribution in [3.05, 3.63) is 12.7 Å². The van der Waals surface area contributed by atoms with Crippen LogP contribution in [-0.2, 0) is 14.3 Å². The van der Waals surface area contributed by atoms with Gasteiger partial charge in [-0.25, -0.2) is 4.79 Å². The number of amides is 1. The molecule has 5 nitrogen and oxygen atoms in total. The Morgan fingerprint density at radius 2 is 2.38 bits per heavy atom. The minimum absolute atomic E-state index is 0.168. The lowest BCUT2D eigenvalue weighted by molar-refractivity contribution is -0.145. The SMILES string of the molecule is C=CC(=O)NC(C#N)C(=O)OCC. The molecule has 0 aliphatic rings. The molecular weight excluding hydrogens is 172 g/mol. The Hall–Kier alpha value is -1.83. The molecule has 1 N–H and O–H groups in total. The van der Waals surface area contributed by atoms with Crippen LogP contribution in [0.4, 0.5) is 0 Å². The number of rotatable bonds is 4. The van der Waals surface area contributed by atoms with Crippen molar-refractivity contribution in [3.63, 3.8) is 0 Å². The second-order valence-corrected chi connectivity index (χ2v) is 2.03. The second kappa shape index (κ2) is 5.77. The average Bonchev–Trinajstić information content (AvgIpc) is 2.14. The summed E-state index contributed by atoms with van der Waals surface area (Å²) in [6.45, 7) is 4.96. The molecule has 13 heavy (non-hydrogen) atoms. The molecule has 0 heterocycles. The van der Waals surface area contributed by atoms with Crippen LogP contribution >= 0.6 is 0 Å². The van der Waals surface area contributed by atoms with E-state index in [1.165, 1.54) is 0 Å². The molecule has 0 aromatic heterocycles. The van der Waals surface area contributed by atoms with Gasteiger partial charge in [-0.15, -0.1) is 0 Å². The molecule has 5 heteroatoms. The highest BCUT2D eigenvalue weighted by Crippen LogP contribution is 1.87.